The molecule has 0 rings (SSSR count). The fourth-order valence-corrected chi connectivity index (χ4v) is 0.474. The first kappa shape index (κ1) is 9.43. The largest absolute Gasteiger partial charge is 0.356 e. The van der Waals surface area contributed by atoms with Crippen molar-refractivity contribution in [2.24, 2.45) is 0 Å². The zero-order valence-electron chi connectivity index (χ0n) is 5.98. The molecule has 59 valence electrons. The van der Waals surface area contributed by atoms with Gasteiger partial charge in [-0.05, 0) is 6.42 Å². The molecule has 0 aliphatic carbocycles. The molecule has 0 saturated heterocycles. The number of nitrogens with one attached hydrogen (secondary N) is 3. The van der Waals surface area contributed by atoms with Gasteiger partial charge in [-0.25, -0.2) is 0 Å². The van der Waals surface area contributed by atoms with Gasteiger partial charge in [-0.3, -0.25) is 15.5 Å². The molecule has 0 fully saturated rings. The van der Waals surface area contributed by atoms with E-state index in [9.17, 15) is 4.79 Å². The van der Waals surface area contributed by atoms with Crippen LogP contribution in [-0.2, 0) is 4.79 Å². The van der Waals surface area contributed by atoms with Gasteiger partial charge in [-0.1, -0.05) is 0 Å². The maximum Gasteiger partial charge on any atom is 0.201 e. The molecule has 0 aromatic heterocycles. The summed E-state index contributed by atoms with van der Waals surface area (Å²) in [6, 6.07) is 0. The summed E-state index contributed by atoms with van der Waals surface area (Å²) in [6.07, 6.45) is 4.30. The van der Waals surface area contributed by atoms with Crippen LogP contribution in [0.4, 0.5) is 0 Å². The van der Waals surface area contributed by atoms with Crippen LogP contribution >= 0.6 is 0 Å². The van der Waals surface area contributed by atoms with Crippen molar-refractivity contribution in [3.05, 3.63) is 0 Å². The summed E-state index contributed by atoms with van der Waals surface area (Å²) in [7, 11) is 0. The second-order valence-electron chi connectivity index (χ2n) is 1.79. The van der Waals surface area contributed by atoms with Crippen LogP contribution in [0.5, 0.6) is 0 Å². The van der Waals surface area contributed by atoms with E-state index in [4.69, 9.17) is 10.7 Å². The number of rotatable bonds is 4. The average molecular weight is 153 g/mol. The molecule has 1 radical (unpaired) electrons. The molecule has 0 bridgehead atoms. The van der Waals surface area contributed by atoms with E-state index in [2.05, 4.69) is 10.6 Å². The minimum absolute atomic E-state index is 0.0431. The molecule has 5 heteroatoms. The Hall–Kier alpha value is -1.57. The Labute approximate surface area is 64.9 Å². The zero-order valence-corrected chi connectivity index (χ0v) is 5.98. The predicted octanol–water partition coefficient (Wildman–Crippen LogP) is -0.529. The third-order valence-corrected chi connectivity index (χ3v) is 0.938. The highest BCUT2D eigenvalue weighted by molar-refractivity contribution is 5.77. The standard InChI is InChI=1S/C6H9N4O/c7-5-10-6(8)9-3-1-2-4-11/h1-3H2,(H3,8,9,10). The van der Waals surface area contributed by atoms with Crippen molar-refractivity contribution < 1.29 is 4.79 Å². The van der Waals surface area contributed by atoms with Crippen LogP contribution in [0.1, 0.15) is 12.8 Å². The van der Waals surface area contributed by atoms with Crippen molar-refractivity contribution in [1.82, 2.24) is 10.6 Å². The lowest BCUT2D eigenvalue weighted by atomic mass is 10.3. The Bertz CT molecular complexity index is 172. The Kier molecular flexibility index (Phi) is 5.61. The molecule has 0 amide bonds. The second-order valence-corrected chi connectivity index (χ2v) is 1.79. The van der Waals surface area contributed by atoms with E-state index in [-0.39, 0.29) is 5.96 Å². The Morgan fingerprint density at radius 2 is 2.36 bits per heavy atom. The summed E-state index contributed by atoms with van der Waals surface area (Å²) < 4.78 is 0. The molecule has 0 aromatic rings. The van der Waals surface area contributed by atoms with E-state index in [0.29, 0.717) is 19.4 Å². The molecule has 0 aliphatic heterocycles. The topological polar surface area (TPSA) is 88.8 Å². The van der Waals surface area contributed by atoms with Crippen molar-refractivity contribution in [3.63, 3.8) is 0 Å². The van der Waals surface area contributed by atoms with Gasteiger partial charge in [0.2, 0.25) is 5.96 Å². The Balaban J connectivity index is 3.18. The Morgan fingerprint density at radius 3 is 2.91 bits per heavy atom. The normalized spacial score (nSPS) is 7.91. The maximum atomic E-state index is 9.70. The smallest absolute Gasteiger partial charge is 0.201 e. The summed E-state index contributed by atoms with van der Waals surface area (Å²) in [4.78, 5) is 9.70. The van der Waals surface area contributed by atoms with E-state index in [1.54, 1.807) is 12.5 Å². The fourth-order valence-electron chi connectivity index (χ4n) is 0.474. The lowest BCUT2D eigenvalue weighted by Crippen LogP contribution is -2.33. The first-order valence-electron chi connectivity index (χ1n) is 3.13. The van der Waals surface area contributed by atoms with E-state index in [1.165, 1.54) is 0 Å². The van der Waals surface area contributed by atoms with E-state index in [1.807, 2.05) is 0 Å². The lowest BCUT2D eigenvalue weighted by molar-refractivity contribution is 0.548. The summed E-state index contributed by atoms with van der Waals surface area (Å²) in [5.41, 5.74) is 0. The summed E-state index contributed by atoms with van der Waals surface area (Å²) in [5.74, 6) is -0.0431. The van der Waals surface area contributed by atoms with E-state index in [0.717, 1.165) is 0 Å². The van der Waals surface area contributed by atoms with Crippen molar-refractivity contribution in [3.8, 4) is 6.19 Å². The number of carbonyl (C=O) groups excluding carboxylic acids is 1. The van der Waals surface area contributed by atoms with Crippen LogP contribution in [0.15, 0.2) is 0 Å². The number of hydrogen-bond donors (Lipinski definition) is 3. The van der Waals surface area contributed by atoms with Crippen LogP contribution in [-0.4, -0.2) is 18.8 Å². The van der Waals surface area contributed by atoms with Gasteiger partial charge in [-0.15, -0.1) is 0 Å². The molecule has 0 spiro atoms. The Morgan fingerprint density at radius 1 is 1.64 bits per heavy atom. The SMILES string of the molecule is N#CNC(=N)NCCC[C]=O. The first-order valence-corrected chi connectivity index (χ1v) is 3.13. The lowest BCUT2D eigenvalue weighted by Gasteiger charge is -2.02. The van der Waals surface area contributed by atoms with E-state index < -0.39 is 0 Å². The first-order chi connectivity index (χ1) is 5.31. The molecule has 0 heterocycles. The van der Waals surface area contributed by atoms with Crippen molar-refractivity contribution in [2.75, 3.05) is 6.54 Å². The van der Waals surface area contributed by atoms with Crippen molar-refractivity contribution >= 4 is 12.2 Å². The van der Waals surface area contributed by atoms with Gasteiger partial charge in [0.1, 0.15) is 0 Å². The number of nitriles is 1. The third-order valence-electron chi connectivity index (χ3n) is 0.938. The van der Waals surface area contributed by atoms with Crippen LogP contribution in [0.2, 0.25) is 0 Å². The van der Waals surface area contributed by atoms with Gasteiger partial charge in [0.15, 0.2) is 12.5 Å². The van der Waals surface area contributed by atoms with Gasteiger partial charge < -0.3 is 5.32 Å². The minimum atomic E-state index is -0.0431. The highest BCUT2D eigenvalue weighted by Gasteiger charge is 1.91. The highest BCUT2D eigenvalue weighted by Crippen LogP contribution is 1.79. The van der Waals surface area contributed by atoms with Gasteiger partial charge >= 0.3 is 0 Å². The number of hydrogen-bond acceptors (Lipinski definition) is 3. The highest BCUT2D eigenvalue weighted by atomic mass is 16.1. The van der Waals surface area contributed by atoms with Crippen LogP contribution in [0.25, 0.3) is 0 Å². The van der Waals surface area contributed by atoms with Crippen LogP contribution in [0.3, 0.4) is 0 Å². The zero-order chi connectivity index (χ0) is 8.53. The summed E-state index contributed by atoms with van der Waals surface area (Å²) >= 11 is 0. The molecule has 0 aliphatic rings. The molecule has 0 unspecified atom stereocenters. The van der Waals surface area contributed by atoms with E-state index >= 15 is 0 Å². The number of guanidine groups is 1. The van der Waals surface area contributed by atoms with Gasteiger partial charge in [0.25, 0.3) is 0 Å². The van der Waals surface area contributed by atoms with Crippen molar-refractivity contribution in [2.45, 2.75) is 12.8 Å². The third kappa shape index (κ3) is 6.31. The quantitative estimate of drug-likeness (QED) is 0.166. The fraction of sp³-hybridized carbons (Fsp3) is 0.500. The minimum Gasteiger partial charge on any atom is -0.356 e. The average Bonchev–Trinajstić information content (AvgIpc) is 1.99. The second kappa shape index (κ2) is 6.55. The molecule has 0 aromatic carbocycles. The predicted molar refractivity (Wildman–Crippen MR) is 39.4 cm³/mol. The van der Waals surface area contributed by atoms with Crippen molar-refractivity contribution in [1.29, 1.82) is 10.7 Å². The van der Waals surface area contributed by atoms with Crippen LogP contribution in [0, 0.1) is 16.9 Å². The summed E-state index contributed by atoms with van der Waals surface area (Å²) in [5, 5.41) is 19.7. The van der Waals surface area contributed by atoms with Gasteiger partial charge in [-0.2, -0.15) is 5.26 Å². The molecule has 11 heavy (non-hydrogen) atoms. The molecule has 3 N–H and O–H groups in total. The molecule has 0 saturated carbocycles. The molecule has 5 nitrogen and oxygen atoms in total. The number of unbranched alkanes of at least 4 members (excludes halogenated alkanes) is 1. The molecular weight excluding hydrogens is 144 g/mol. The molecule has 0 atom stereocenters. The van der Waals surface area contributed by atoms with Crippen LogP contribution < -0.4 is 10.6 Å². The van der Waals surface area contributed by atoms with Gasteiger partial charge in [0.05, 0.1) is 0 Å². The number of nitrogens with zero attached hydrogens (tertiary/aromatic N) is 1. The maximum absolute atomic E-state index is 9.70. The van der Waals surface area contributed by atoms with Gasteiger partial charge in [0, 0.05) is 13.0 Å². The summed E-state index contributed by atoms with van der Waals surface area (Å²) in [6.45, 7) is 0.503. The monoisotopic (exact) mass is 153 g/mol. The molecular formula is C6H9N4O.